The average molecular weight is 299 g/mol. The van der Waals surface area contributed by atoms with E-state index < -0.39 is 0 Å². The quantitative estimate of drug-likeness (QED) is 0.931. The molecule has 4 nitrogen and oxygen atoms in total. The normalized spacial score (nSPS) is 19.6. The van der Waals surface area contributed by atoms with E-state index in [0.717, 1.165) is 15.7 Å². The van der Waals surface area contributed by atoms with Gasteiger partial charge in [0.25, 0.3) is 0 Å². The highest BCUT2D eigenvalue weighted by Crippen LogP contribution is 2.26. The number of nitrogens with zero attached hydrogens (tertiary/aromatic N) is 1. The molecule has 0 bridgehead atoms. The SMILES string of the molecule is CNC[C@H]1CN(c2ccc(Br)c(C)c2)C(=O)O1. The van der Waals surface area contributed by atoms with Gasteiger partial charge in [-0.1, -0.05) is 15.9 Å². The Labute approximate surface area is 109 Å². The molecule has 17 heavy (non-hydrogen) atoms. The summed E-state index contributed by atoms with van der Waals surface area (Å²) in [6, 6.07) is 5.84. The summed E-state index contributed by atoms with van der Waals surface area (Å²) in [5, 5.41) is 3.01. The van der Waals surface area contributed by atoms with Gasteiger partial charge in [0.15, 0.2) is 0 Å². The number of rotatable bonds is 3. The van der Waals surface area contributed by atoms with Gasteiger partial charge in [0.1, 0.15) is 6.10 Å². The van der Waals surface area contributed by atoms with Crippen molar-refractivity contribution < 1.29 is 9.53 Å². The van der Waals surface area contributed by atoms with Crippen molar-refractivity contribution in [2.45, 2.75) is 13.0 Å². The fraction of sp³-hybridized carbons (Fsp3) is 0.417. The van der Waals surface area contributed by atoms with Gasteiger partial charge in [-0.3, -0.25) is 4.90 Å². The Hall–Kier alpha value is -1.07. The molecule has 0 saturated carbocycles. The van der Waals surface area contributed by atoms with Gasteiger partial charge in [-0.05, 0) is 37.7 Å². The molecule has 1 heterocycles. The Morgan fingerprint density at radius 3 is 3.00 bits per heavy atom. The predicted molar refractivity (Wildman–Crippen MR) is 70.4 cm³/mol. The van der Waals surface area contributed by atoms with Crippen LogP contribution in [0.5, 0.6) is 0 Å². The number of benzene rings is 1. The molecule has 92 valence electrons. The smallest absolute Gasteiger partial charge is 0.414 e. The Bertz CT molecular complexity index is 437. The van der Waals surface area contributed by atoms with Crippen LogP contribution in [0.4, 0.5) is 10.5 Å². The fourth-order valence-corrected chi connectivity index (χ4v) is 2.11. The number of aryl methyl sites for hydroxylation is 1. The molecule has 2 rings (SSSR count). The second-order valence-corrected chi connectivity index (χ2v) is 4.96. The second-order valence-electron chi connectivity index (χ2n) is 4.11. The Morgan fingerprint density at radius 1 is 1.59 bits per heavy atom. The molecular formula is C12H15BrN2O2. The maximum absolute atomic E-state index is 11.7. The third-order valence-electron chi connectivity index (χ3n) is 2.76. The summed E-state index contributed by atoms with van der Waals surface area (Å²) in [4.78, 5) is 13.4. The number of carbonyl (C=O) groups is 1. The highest BCUT2D eigenvalue weighted by atomic mass is 79.9. The Balaban J connectivity index is 2.17. The van der Waals surface area contributed by atoms with Gasteiger partial charge in [0, 0.05) is 16.7 Å². The summed E-state index contributed by atoms with van der Waals surface area (Å²) in [6.45, 7) is 3.28. The van der Waals surface area contributed by atoms with Crippen LogP contribution >= 0.6 is 15.9 Å². The minimum absolute atomic E-state index is 0.0727. The second kappa shape index (κ2) is 5.06. The van der Waals surface area contributed by atoms with Crippen LogP contribution in [0.3, 0.4) is 0 Å². The number of ether oxygens (including phenoxy) is 1. The molecule has 1 atom stereocenters. The standard InChI is InChI=1S/C12H15BrN2O2/c1-8-5-9(3-4-11(8)13)15-7-10(6-14-2)17-12(15)16/h3-5,10,14H,6-7H2,1-2H3/t10-/m0/s1. The van der Waals surface area contributed by atoms with Crippen molar-refractivity contribution in [1.82, 2.24) is 5.32 Å². The van der Waals surface area contributed by atoms with E-state index in [9.17, 15) is 4.79 Å². The molecule has 1 amide bonds. The van der Waals surface area contributed by atoms with Gasteiger partial charge < -0.3 is 10.1 Å². The summed E-state index contributed by atoms with van der Waals surface area (Å²) in [5.41, 5.74) is 1.99. The van der Waals surface area contributed by atoms with Crippen LogP contribution in [-0.2, 0) is 4.74 Å². The van der Waals surface area contributed by atoms with Crippen LogP contribution in [0.25, 0.3) is 0 Å². The monoisotopic (exact) mass is 298 g/mol. The first-order valence-electron chi connectivity index (χ1n) is 5.50. The van der Waals surface area contributed by atoms with Crippen LogP contribution in [-0.4, -0.2) is 32.3 Å². The first-order chi connectivity index (χ1) is 8.11. The summed E-state index contributed by atoms with van der Waals surface area (Å²) < 4.78 is 6.29. The molecule has 0 radical (unpaired) electrons. The number of hydrogen-bond acceptors (Lipinski definition) is 3. The van der Waals surface area contributed by atoms with Crippen molar-refractivity contribution in [2.24, 2.45) is 0 Å². The first-order valence-corrected chi connectivity index (χ1v) is 6.30. The zero-order chi connectivity index (χ0) is 12.4. The highest BCUT2D eigenvalue weighted by Gasteiger charge is 2.31. The van der Waals surface area contributed by atoms with Gasteiger partial charge in [0.2, 0.25) is 0 Å². The van der Waals surface area contributed by atoms with E-state index in [1.165, 1.54) is 0 Å². The summed E-state index contributed by atoms with van der Waals surface area (Å²) >= 11 is 3.45. The molecule has 0 spiro atoms. The van der Waals surface area contributed by atoms with Crippen molar-refractivity contribution in [3.05, 3.63) is 28.2 Å². The molecule has 1 aliphatic rings. The molecule has 1 aliphatic heterocycles. The Morgan fingerprint density at radius 2 is 2.35 bits per heavy atom. The molecule has 1 aromatic carbocycles. The predicted octanol–water partition coefficient (Wildman–Crippen LogP) is 2.30. The molecular weight excluding hydrogens is 284 g/mol. The van der Waals surface area contributed by atoms with Crippen LogP contribution in [0.2, 0.25) is 0 Å². The Kier molecular flexibility index (Phi) is 3.69. The lowest BCUT2D eigenvalue weighted by atomic mass is 10.2. The summed E-state index contributed by atoms with van der Waals surface area (Å²) in [6.07, 6.45) is -0.344. The van der Waals surface area contributed by atoms with Gasteiger partial charge in [0.05, 0.1) is 6.54 Å². The third-order valence-corrected chi connectivity index (χ3v) is 3.65. The van der Waals surface area contributed by atoms with E-state index in [1.54, 1.807) is 4.90 Å². The fourth-order valence-electron chi connectivity index (χ4n) is 1.86. The lowest BCUT2D eigenvalue weighted by molar-refractivity contribution is 0.141. The van der Waals surface area contributed by atoms with Crippen LogP contribution < -0.4 is 10.2 Å². The largest absolute Gasteiger partial charge is 0.443 e. The van der Waals surface area contributed by atoms with E-state index in [2.05, 4.69) is 21.2 Å². The molecule has 1 aromatic rings. The summed E-state index contributed by atoms with van der Waals surface area (Å²) in [5.74, 6) is 0. The van der Waals surface area contributed by atoms with Crippen molar-refractivity contribution in [3.63, 3.8) is 0 Å². The minimum atomic E-state index is -0.271. The van der Waals surface area contributed by atoms with Crippen molar-refractivity contribution in [1.29, 1.82) is 0 Å². The lowest BCUT2D eigenvalue weighted by Crippen LogP contribution is -2.29. The maximum atomic E-state index is 11.7. The van der Waals surface area contributed by atoms with Gasteiger partial charge in [-0.15, -0.1) is 0 Å². The third kappa shape index (κ3) is 2.61. The molecule has 1 fully saturated rings. The number of anilines is 1. The highest BCUT2D eigenvalue weighted by molar-refractivity contribution is 9.10. The molecule has 1 saturated heterocycles. The van der Waals surface area contributed by atoms with E-state index >= 15 is 0 Å². The minimum Gasteiger partial charge on any atom is -0.443 e. The summed E-state index contributed by atoms with van der Waals surface area (Å²) in [7, 11) is 1.85. The van der Waals surface area contributed by atoms with E-state index in [4.69, 9.17) is 4.74 Å². The first kappa shape index (κ1) is 12.4. The number of carbonyl (C=O) groups excluding carboxylic acids is 1. The number of hydrogen-bond donors (Lipinski definition) is 1. The topological polar surface area (TPSA) is 41.6 Å². The zero-order valence-corrected chi connectivity index (χ0v) is 11.5. The van der Waals surface area contributed by atoms with Gasteiger partial charge >= 0.3 is 6.09 Å². The van der Waals surface area contributed by atoms with Crippen molar-refractivity contribution in [3.8, 4) is 0 Å². The molecule has 1 N–H and O–H groups in total. The van der Waals surface area contributed by atoms with Gasteiger partial charge in [-0.2, -0.15) is 0 Å². The van der Waals surface area contributed by atoms with Crippen LogP contribution in [0, 0.1) is 6.92 Å². The maximum Gasteiger partial charge on any atom is 0.414 e. The number of cyclic esters (lactones) is 1. The van der Waals surface area contributed by atoms with E-state index in [-0.39, 0.29) is 12.2 Å². The van der Waals surface area contributed by atoms with E-state index in [1.807, 2.05) is 32.2 Å². The number of likely N-dealkylation sites (N-methyl/N-ethyl adjacent to an activating group) is 1. The lowest BCUT2D eigenvalue weighted by Gasteiger charge is -2.14. The average Bonchev–Trinajstić information content (AvgIpc) is 2.64. The zero-order valence-electron chi connectivity index (χ0n) is 9.87. The molecule has 5 heteroatoms. The van der Waals surface area contributed by atoms with Crippen molar-refractivity contribution in [2.75, 3.05) is 25.0 Å². The van der Waals surface area contributed by atoms with E-state index in [0.29, 0.717) is 13.1 Å². The molecule has 0 aliphatic carbocycles. The number of amides is 1. The molecule has 0 aromatic heterocycles. The number of halogens is 1. The van der Waals surface area contributed by atoms with Crippen molar-refractivity contribution >= 4 is 27.7 Å². The van der Waals surface area contributed by atoms with Crippen LogP contribution in [0.15, 0.2) is 22.7 Å². The molecule has 0 unspecified atom stereocenters. The van der Waals surface area contributed by atoms with Crippen LogP contribution in [0.1, 0.15) is 5.56 Å². The van der Waals surface area contributed by atoms with Gasteiger partial charge in [-0.25, -0.2) is 4.79 Å². The number of nitrogens with one attached hydrogen (secondary N) is 1.